The Hall–Kier alpha value is -3.41. The Morgan fingerprint density at radius 1 is 0.875 bits per heavy atom. The van der Waals surface area contributed by atoms with Gasteiger partial charge in [0.2, 0.25) is 11.8 Å². The summed E-state index contributed by atoms with van der Waals surface area (Å²) in [7, 11) is 1.57. The number of ether oxygens (including phenoxy) is 2. The molecule has 6 nitrogen and oxygen atoms in total. The molecular formula is C26H23NO5. The number of ketones is 1. The van der Waals surface area contributed by atoms with Crippen LogP contribution in [-0.4, -0.2) is 31.3 Å². The van der Waals surface area contributed by atoms with Crippen LogP contribution in [0.2, 0.25) is 0 Å². The predicted octanol–water partition coefficient (Wildman–Crippen LogP) is 3.51. The second-order valence-electron chi connectivity index (χ2n) is 9.10. The molecule has 162 valence electrons. The largest absolute Gasteiger partial charge is 0.497 e. The topological polar surface area (TPSA) is 72.9 Å². The highest BCUT2D eigenvalue weighted by atomic mass is 16.5. The number of imide groups is 1. The number of carbonyl (C=O) groups is 3. The monoisotopic (exact) mass is 429 g/mol. The predicted molar refractivity (Wildman–Crippen MR) is 116 cm³/mol. The lowest BCUT2D eigenvalue weighted by molar-refractivity contribution is -0.124. The van der Waals surface area contributed by atoms with Crippen molar-refractivity contribution in [2.24, 2.45) is 35.5 Å². The maximum atomic E-state index is 13.2. The van der Waals surface area contributed by atoms with E-state index in [1.54, 1.807) is 55.6 Å². The molecule has 6 atom stereocenters. The fourth-order valence-electron chi connectivity index (χ4n) is 5.91. The molecule has 4 aliphatic carbocycles. The first-order chi connectivity index (χ1) is 15.6. The minimum Gasteiger partial charge on any atom is -0.497 e. The van der Waals surface area contributed by atoms with Crippen LogP contribution >= 0.6 is 0 Å². The maximum Gasteiger partial charge on any atom is 0.238 e. The van der Waals surface area contributed by atoms with E-state index in [1.165, 1.54) is 4.90 Å². The van der Waals surface area contributed by atoms with Gasteiger partial charge < -0.3 is 9.47 Å². The molecule has 0 radical (unpaired) electrons. The third-order valence-electron chi connectivity index (χ3n) is 7.54. The van der Waals surface area contributed by atoms with Crippen LogP contribution in [0, 0.1) is 35.5 Å². The van der Waals surface area contributed by atoms with Gasteiger partial charge in [-0.1, -0.05) is 12.2 Å². The molecule has 1 heterocycles. The van der Waals surface area contributed by atoms with E-state index >= 15 is 0 Å². The van der Waals surface area contributed by atoms with E-state index < -0.39 is 0 Å². The minimum absolute atomic E-state index is 0.0759. The average molecular weight is 429 g/mol. The summed E-state index contributed by atoms with van der Waals surface area (Å²) in [5.41, 5.74) is 1.11. The Morgan fingerprint density at radius 2 is 1.44 bits per heavy atom. The van der Waals surface area contributed by atoms with Gasteiger partial charge in [0.25, 0.3) is 0 Å². The highest BCUT2D eigenvalue weighted by Crippen LogP contribution is 2.65. The van der Waals surface area contributed by atoms with E-state index in [9.17, 15) is 14.4 Å². The molecular weight excluding hydrogens is 406 g/mol. The molecule has 0 spiro atoms. The van der Waals surface area contributed by atoms with E-state index in [0.29, 0.717) is 34.6 Å². The molecule has 2 aromatic rings. The van der Waals surface area contributed by atoms with Gasteiger partial charge in [-0.15, -0.1) is 0 Å². The summed E-state index contributed by atoms with van der Waals surface area (Å²) in [5.74, 6) is 2.07. The van der Waals surface area contributed by atoms with E-state index in [2.05, 4.69) is 12.2 Å². The second-order valence-corrected chi connectivity index (χ2v) is 9.10. The number of amides is 2. The van der Waals surface area contributed by atoms with E-state index in [1.807, 2.05) is 0 Å². The van der Waals surface area contributed by atoms with Crippen molar-refractivity contribution in [3.8, 4) is 11.5 Å². The molecule has 32 heavy (non-hydrogen) atoms. The molecule has 2 saturated carbocycles. The summed E-state index contributed by atoms with van der Waals surface area (Å²) >= 11 is 0. The van der Waals surface area contributed by atoms with Gasteiger partial charge in [0.05, 0.1) is 24.6 Å². The van der Waals surface area contributed by atoms with E-state index in [4.69, 9.17) is 9.47 Å². The Labute approximate surface area is 185 Å². The van der Waals surface area contributed by atoms with Crippen LogP contribution < -0.4 is 14.4 Å². The van der Waals surface area contributed by atoms with Crippen molar-refractivity contribution in [3.63, 3.8) is 0 Å². The van der Waals surface area contributed by atoms with Crippen LogP contribution in [-0.2, 0) is 9.59 Å². The molecule has 0 unspecified atom stereocenters. The number of nitrogens with zero attached hydrogens (tertiary/aromatic N) is 1. The Bertz CT molecular complexity index is 1100. The normalized spacial score (nSPS) is 31.3. The lowest BCUT2D eigenvalue weighted by atomic mass is 9.63. The number of Topliss-reactive ketones (excluding diaryl/α,β-unsaturated/α-hetero) is 1. The third kappa shape index (κ3) is 2.82. The zero-order chi connectivity index (χ0) is 22.0. The fraction of sp³-hybridized carbons (Fsp3) is 0.346. The van der Waals surface area contributed by atoms with Gasteiger partial charge in [-0.2, -0.15) is 0 Å². The van der Waals surface area contributed by atoms with Crippen molar-refractivity contribution >= 4 is 23.3 Å². The summed E-state index contributed by atoms with van der Waals surface area (Å²) in [4.78, 5) is 40.1. The van der Waals surface area contributed by atoms with Crippen LogP contribution in [0.1, 0.15) is 16.8 Å². The van der Waals surface area contributed by atoms with Crippen molar-refractivity contribution in [1.82, 2.24) is 0 Å². The Morgan fingerprint density at radius 3 is 2.00 bits per heavy atom. The molecule has 6 heteroatoms. The third-order valence-corrected chi connectivity index (χ3v) is 7.54. The highest BCUT2D eigenvalue weighted by molar-refractivity contribution is 6.22. The van der Waals surface area contributed by atoms with Gasteiger partial charge in [0.1, 0.15) is 11.5 Å². The molecule has 0 aromatic heterocycles. The van der Waals surface area contributed by atoms with Crippen LogP contribution in [0.3, 0.4) is 0 Å². The van der Waals surface area contributed by atoms with Crippen LogP contribution in [0.4, 0.5) is 5.69 Å². The van der Waals surface area contributed by atoms with Gasteiger partial charge in [-0.3, -0.25) is 19.3 Å². The highest BCUT2D eigenvalue weighted by Gasteiger charge is 2.67. The minimum atomic E-state index is -0.209. The first-order valence-corrected chi connectivity index (χ1v) is 11.0. The van der Waals surface area contributed by atoms with Gasteiger partial charge in [0.15, 0.2) is 12.4 Å². The van der Waals surface area contributed by atoms with Gasteiger partial charge in [-0.05, 0) is 78.6 Å². The van der Waals surface area contributed by atoms with Crippen molar-refractivity contribution in [1.29, 1.82) is 0 Å². The first-order valence-electron chi connectivity index (χ1n) is 11.0. The maximum absolute atomic E-state index is 13.2. The van der Waals surface area contributed by atoms with Gasteiger partial charge >= 0.3 is 0 Å². The summed E-state index contributed by atoms with van der Waals surface area (Å²) < 4.78 is 10.7. The molecule has 1 saturated heterocycles. The lowest BCUT2D eigenvalue weighted by Gasteiger charge is -2.37. The zero-order valence-corrected chi connectivity index (χ0v) is 17.6. The molecule has 5 aliphatic rings. The number of rotatable bonds is 6. The van der Waals surface area contributed by atoms with E-state index in [0.717, 1.165) is 6.42 Å². The van der Waals surface area contributed by atoms with Gasteiger partial charge in [-0.25, -0.2) is 0 Å². The summed E-state index contributed by atoms with van der Waals surface area (Å²) in [6, 6.07) is 13.7. The summed E-state index contributed by atoms with van der Waals surface area (Å²) in [6.45, 7) is -0.102. The molecule has 7 rings (SSSR count). The number of methoxy groups -OCH3 is 1. The van der Waals surface area contributed by atoms with Crippen molar-refractivity contribution < 1.29 is 23.9 Å². The van der Waals surface area contributed by atoms with Crippen LogP contribution in [0.25, 0.3) is 0 Å². The average Bonchev–Trinajstić information content (AvgIpc) is 3.61. The Balaban J connectivity index is 1.14. The number of anilines is 1. The van der Waals surface area contributed by atoms with Gasteiger partial charge in [0, 0.05) is 5.56 Å². The number of benzene rings is 2. The summed E-state index contributed by atoms with van der Waals surface area (Å²) in [6.07, 6.45) is 5.49. The Kier molecular flexibility index (Phi) is 4.25. The van der Waals surface area contributed by atoms with E-state index in [-0.39, 0.29) is 47.9 Å². The van der Waals surface area contributed by atoms with Crippen molar-refractivity contribution in [2.45, 2.75) is 6.42 Å². The molecule has 0 N–H and O–H groups in total. The van der Waals surface area contributed by atoms with Crippen molar-refractivity contribution in [2.75, 3.05) is 18.6 Å². The zero-order valence-electron chi connectivity index (χ0n) is 17.6. The smallest absolute Gasteiger partial charge is 0.238 e. The molecule has 3 fully saturated rings. The number of carbonyl (C=O) groups excluding carboxylic acids is 3. The fourth-order valence-corrected chi connectivity index (χ4v) is 5.91. The first kappa shape index (κ1) is 19.3. The molecule has 2 amide bonds. The number of allylic oxidation sites excluding steroid dienone is 2. The lowest BCUT2D eigenvalue weighted by Crippen LogP contribution is -2.40. The summed E-state index contributed by atoms with van der Waals surface area (Å²) in [5, 5.41) is 0. The molecule has 1 aliphatic heterocycles. The standard InChI is InChI=1S/C26H23NO5/c1-31-16-6-2-14(3-7-16)22(28)13-32-17-8-4-15(5-9-17)27-25(29)23-18-10-11-19(21-12-20(18)21)24(23)26(27)30/h2-11,18-21,23-24H,12-13H2,1H3/t18-,19+,20+,21-,23-,24+. The second kappa shape index (κ2) is 7.05. The number of hydrogen-bond acceptors (Lipinski definition) is 5. The SMILES string of the molecule is COc1ccc(C(=O)COc2ccc(N3C(=O)[C@@H]4[C@@H]5C=C[C@@H]([C@H]6C[C@@H]56)[C@@H]4C3=O)cc2)cc1. The van der Waals surface area contributed by atoms with Crippen molar-refractivity contribution in [3.05, 3.63) is 66.2 Å². The number of hydrogen-bond donors (Lipinski definition) is 0. The van der Waals surface area contributed by atoms with Crippen LogP contribution in [0.15, 0.2) is 60.7 Å². The van der Waals surface area contributed by atoms with Crippen LogP contribution in [0.5, 0.6) is 11.5 Å². The molecule has 2 bridgehead atoms. The molecule has 2 aromatic carbocycles. The quantitative estimate of drug-likeness (QED) is 0.399.